The van der Waals surface area contributed by atoms with Gasteiger partial charge in [0.05, 0.1) is 12.0 Å². The molecule has 0 bridgehead atoms. The maximum absolute atomic E-state index is 11.9. The van der Waals surface area contributed by atoms with E-state index in [-0.39, 0.29) is 19.1 Å². The summed E-state index contributed by atoms with van der Waals surface area (Å²) >= 11 is 0. The second kappa shape index (κ2) is 5.86. The molecule has 2 N–H and O–H groups in total. The Morgan fingerprint density at radius 1 is 1.53 bits per heavy atom. The predicted molar refractivity (Wildman–Crippen MR) is 61.6 cm³/mol. The van der Waals surface area contributed by atoms with Gasteiger partial charge in [-0.15, -0.1) is 0 Å². The first-order valence-electron chi connectivity index (χ1n) is 5.82. The number of nitrogens with zero attached hydrogens (tertiary/aromatic N) is 2. The molecule has 17 heavy (non-hydrogen) atoms. The van der Waals surface area contributed by atoms with Crippen molar-refractivity contribution in [2.45, 2.75) is 25.9 Å². The van der Waals surface area contributed by atoms with E-state index in [1.165, 1.54) is 4.90 Å². The van der Waals surface area contributed by atoms with Crippen LogP contribution in [0.2, 0.25) is 0 Å². The number of aliphatic hydroxyl groups is 1. The summed E-state index contributed by atoms with van der Waals surface area (Å²) < 4.78 is 0. The maximum Gasteiger partial charge on any atom is 0.319 e. The molecule has 98 valence electrons. The van der Waals surface area contributed by atoms with E-state index in [9.17, 15) is 14.7 Å². The fourth-order valence-electron chi connectivity index (χ4n) is 2.07. The molecule has 6 heteroatoms. The minimum atomic E-state index is -0.847. The highest BCUT2D eigenvalue weighted by Gasteiger charge is 2.29. The summed E-state index contributed by atoms with van der Waals surface area (Å²) in [6.07, 6.45) is 0.758. The number of likely N-dealkylation sites (N-methyl/N-ethyl adjacent to an activating group) is 1. The molecule has 1 saturated heterocycles. The Labute approximate surface area is 101 Å². The molecule has 0 spiro atoms. The summed E-state index contributed by atoms with van der Waals surface area (Å²) in [5, 5.41) is 18.1. The van der Waals surface area contributed by atoms with Crippen molar-refractivity contribution >= 4 is 12.0 Å². The lowest BCUT2D eigenvalue weighted by Crippen LogP contribution is -2.48. The van der Waals surface area contributed by atoms with Crippen LogP contribution in [-0.2, 0) is 4.79 Å². The molecule has 0 aromatic carbocycles. The molecule has 0 radical (unpaired) electrons. The fraction of sp³-hybridized carbons (Fsp3) is 0.818. The van der Waals surface area contributed by atoms with Gasteiger partial charge in [-0.1, -0.05) is 0 Å². The fourth-order valence-corrected chi connectivity index (χ4v) is 2.07. The number of carboxylic acids is 1. The van der Waals surface area contributed by atoms with Crippen LogP contribution in [0.5, 0.6) is 0 Å². The molecule has 1 aliphatic rings. The van der Waals surface area contributed by atoms with Gasteiger partial charge in [-0.3, -0.25) is 4.79 Å². The molecule has 1 rings (SSSR count). The van der Waals surface area contributed by atoms with Crippen molar-refractivity contribution < 1.29 is 19.8 Å². The molecular weight excluding hydrogens is 224 g/mol. The highest BCUT2D eigenvalue weighted by atomic mass is 16.4. The molecule has 0 aromatic heterocycles. The third kappa shape index (κ3) is 3.89. The third-order valence-corrected chi connectivity index (χ3v) is 2.91. The number of rotatable bonds is 3. The summed E-state index contributed by atoms with van der Waals surface area (Å²) in [6.45, 7) is 2.72. The van der Waals surface area contributed by atoms with Crippen LogP contribution in [-0.4, -0.2) is 64.8 Å². The third-order valence-electron chi connectivity index (χ3n) is 2.91. The molecule has 0 aliphatic carbocycles. The first kappa shape index (κ1) is 13.8. The van der Waals surface area contributed by atoms with Gasteiger partial charge < -0.3 is 20.0 Å². The van der Waals surface area contributed by atoms with Gasteiger partial charge in [0.15, 0.2) is 0 Å². The van der Waals surface area contributed by atoms with E-state index >= 15 is 0 Å². The number of aliphatic hydroxyl groups excluding tert-OH is 1. The van der Waals surface area contributed by atoms with Crippen molar-refractivity contribution in [1.29, 1.82) is 0 Å². The number of hydrogen-bond donors (Lipinski definition) is 2. The average Bonchev–Trinajstić information content (AvgIpc) is 2.27. The number of carbonyl (C=O) groups excluding carboxylic acids is 1. The smallest absolute Gasteiger partial charge is 0.319 e. The van der Waals surface area contributed by atoms with Gasteiger partial charge >= 0.3 is 12.0 Å². The lowest BCUT2D eigenvalue weighted by Gasteiger charge is -2.34. The SMILES string of the molecule is CC(O)CN(C)C(=O)N1CCCC(C(=O)O)C1. The second-order valence-corrected chi connectivity index (χ2v) is 4.64. The van der Waals surface area contributed by atoms with Crippen molar-refractivity contribution in [3.05, 3.63) is 0 Å². The zero-order chi connectivity index (χ0) is 13.0. The quantitative estimate of drug-likeness (QED) is 0.744. The number of hydrogen-bond acceptors (Lipinski definition) is 3. The standard InChI is InChI=1S/C11H20N2O4/c1-8(14)6-12(2)11(17)13-5-3-4-9(7-13)10(15)16/h8-9,14H,3-7H2,1-2H3,(H,15,16). The van der Waals surface area contributed by atoms with Crippen LogP contribution in [0.25, 0.3) is 0 Å². The summed E-state index contributed by atoms with van der Waals surface area (Å²) in [4.78, 5) is 25.8. The van der Waals surface area contributed by atoms with Crippen LogP contribution in [0.15, 0.2) is 0 Å². The minimum absolute atomic E-state index is 0.211. The predicted octanol–water partition coefficient (Wildman–Crippen LogP) is 0.216. The van der Waals surface area contributed by atoms with E-state index in [0.29, 0.717) is 19.4 Å². The maximum atomic E-state index is 11.9. The largest absolute Gasteiger partial charge is 0.481 e. The number of likely N-dealkylation sites (tertiary alicyclic amines) is 1. The second-order valence-electron chi connectivity index (χ2n) is 4.64. The van der Waals surface area contributed by atoms with Gasteiger partial charge in [0.1, 0.15) is 0 Å². The zero-order valence-electron chi connectivity index (χ0n) is 10.3. The molecule has 1 fully saturated rings. The van der Waals surface area contributed by atoms with E-state index in [1.807, 2.05) is 0 Å². The number of aliphatic carboxylic acids is 1. The van der Waals surface area contributed by atoms with Crippen LogP contribution in [0, 0.1) is 5.92 Å². The lowest BCUT2D eigenvalue weighted by molar-refractivity contribution is -0.143. The van der Waals surface area contributed by atoms with Gasteiger partial charge in [0.2, 0.25) is 0 Å². The Bertz CT molecular complexity index is 293. The van der Waals surface area contributed by atoms with Crippen LogP contribution in [0.4, 0.5) is 4.79 Å². The highest BCUT2D eigenvalue weighted by Crippen LogP contribution is 2.17. The number of piperidine rings is 1. The number of urea groups is 1. The van der Waals surface area contributed by atoms with Crippen molar-refractivity contribution in [2.24, 2.45) is 5.92 Å². The number of amides is 2. The van der Waals surface area contributed by atoms with Gasteiger partial charge in [0, 0.05) is 26.7 Å². The monoisotopic (exact) mass is 244 g/mol. The topological polar surface area (TPSA) is 81.1 Å². The van der Waals surface area contributed by atoms with Crippen LogP contribution in [0.3, 0.4) is 0 Å². The molecule has 2 unspecified atom stereocenters. The van der Waals surface area contributed by atoms with Crippen LogP contribution < -0.4 is 0 Å². The van der Waals surface area contributed by atoms with Crippen molar-refractivity contribution in [3.8, 4) is 0 Å². The molecule has 2 atom stereocenters. The first-order chi connectivity index (χ1) is 7.91. The van der Waals surface area contributed by atoms with E-state index in [0.717, 1.165) is 0 Å². The van der Waals surface area contributed by atoms with Gasteiger partial charge in [-0.25, -0.2) is 4.79 Å². The summed E-state index contributed by atoms with van der Waals surface area (Å²) in [5.41, 5.74) is 0. The first-order valence-corrected chi connectivity index (χ1v) is 5.82. The molecule has 0 saturated carbocycles. The normalized spacial score (nSPS) is 22.1. The number of carbonyl (C=O) groups is 2. The van der Waals surface area contributed by atoms with Crippen molar-refractivity contribution in [2.75, 3.05) is 26.7 Å². The molecule has 1 heterocycles. The van der Waals surface area contributed by atoms with Crippen molar-refractivity contribution in [3.63, 3.8) is 0 Å². The Morgan fingerprint density at radius 3 is 2.71 bits per heavy atom. The Kier molecular flexibility index (Phi) is 4.74. The molecule has 6 nitrogen and oxygen atoms in total. The Hall–Kier alpha value is -1.30. The van der Waals surface area contributed by atoms with Crippen LogP contribution in [0.1, 0.15) is 19.8 Å². The van der Waals surface area contributed by atoms with Crippen LogP contribution >= 0.6 is 0 Å². The molecule has 0 aromatic rings. The average molecular weight is 244 g/mol. The number of carboxylic acid groups (broad SMARTS) is 1. The van der Waals surface area contributed by atoms with Gasteiger partial charge in [-0.05, 0) is 19.8 Å². The van der Waals surface area contributed by atoms with E-state index in [1.54, 1.807) is 18.9 Å². The summed E-state index contributed by atoms with van der Waals surface area (Å²) in [7, 11) is 1.61. The highest BCUT2D eigenvalue weighted by molar-refractivity contribution is 5.76. The molecule has 2 amide bonds. The molecule has 1 aliphatic heterocycles. The van der Waals surface area contributed by atoms with Gasteiger partial charge in [0.25, 0.3) is 0 Å². The van der Waals surface area contributed by atoms with Crippen molar-refractivity contribution in [1.82, 2.24) is 9.80 Å². The molecular formula is C11H20N2O4. The zero-order valence-corrected chi connectivity index (χ0v) is 10.3. The van der Waals surface area contributed by atoms with Gasteiger partial charge in [-0.2, -0.15) is 0 Å². The van der Waals surface area contributed by atoms with E-state index in [4.69, 9.17) is 5.11 Å². The Morgan fingerprint density at radius 2 is 2.18 bits per heavy atom. The Balaban J connectivity index is 2.54. The van der Waals surface area contributed by atoms with E-state index in [2.05, 4.69) is 0 Å². The summed E-state index contributed by atoms with van der Waals surface area (Å²) in [5.74, 6) is -1.31. The lowest BCUT2D eigenvalue weighted by atomic mass is 9.99. The minimum Gasteiger partial charge on any atom is -0.481 e. The van der Waals surface area contributed by atoms with E-state index < -0.39 is 18.0 Å². The summed E-state index contributed by atoms with van der Waals surface area (Å²) in [6, 6.07) is -0.211.